The fourth-order valence-corrected chi connectivity index (χ4v) is 7.15. The number of hydrogen-bond acceptors (Lipinski definition) is 9. The average Bonchev–Trinajstić information content (AvgIpc) is 3.32. The van der Waals surface area contributed by atoms with Gasteiger partial charge in [0, 0.05) is 13.0 Å². The molecule has 0 aromatic heterocycles. The smallest absolute Gasteiger partial charge is 0.306 e. The van der Waals surface area contributed by atoms with E-state index in [-0.39, 0.29) is 25.6 Å². The molecule has 1 aliphatic heterocycles. The van der Waals surface area contributed by atoms with Crippen molar-refractivity contribution in [2.45, 2.75) is 218 Å². The number of ether oxygens (including phenoxy) is 4. The molecule has 1 fully saturated rings. The Balaban J connectivity index is 2.27. The van der Waals surface area contributed by atoms with Crippen LogP contribution in [0.15, 0.2) is 109 Å². The molecule has 9 nitrogen and oxygen atoms in total. The number of esters is 1. The van der Waals surface area contributed by atoms with E-state index in [2.05, 4.69) is 123 Å². The zero-order chi connectivity index (χ0) is 47.8. The predicted molar refractivity (Wildman–Crippen MR) is 274 cm³/mol. The van der Waals surface area contributed by atoms with Crippen LogP contribution in [-0.2, 0) is 23.7 Å². The van der Waals surface area contributed by atoms with Gasteiger partial charge in [-0.25, -0.2) is 0 Å². The highest BCUT2D eigenvalue weighted by atomic mass is 16.7. The van der Waals surface area contributed by atoms with Gasteiger partial charge in [-0.05, 0) is 103 Å². The molecule has 0 radical (unpaired) electrons. The minimum Gasteiger partial charge on any atom is -0.457 e. The van der Waals surface area contributed by atoms with Crippen LogP contribution < -0.4 is 0 Å². The molecule has 1 rings (SSSR count). The van der Waals surface area contributed by atoms with Crippen LogP contribution in [0.1, 0.15) is 181 Å². The van der Waals surface area contributed by atoms with Gasteiger partial charge >= 0.3 is 5.97 Å². The molecule has 4 N–H and O–H groups in total. The topological polar surface area (TPSA) is 135 Å². The number of hydrogen-bond donors (Lipinski definition) is 4. The van der Waals surface area contributed by atoms with Crippen LogP contribution in [0.25, 0.3) is 0 Å². The van der Waals surface area contributed by atoms with E-state index >= 15 is 0 Å². The Morgan fingerprint density at radius 1 is 0.500 bits per heavy atom. The fraction of sp³-hybridized carbons (Fsp3) is 0.667. The predicted octanol–water partition coefficient (Wildman–Crippen LogP) is 12.9. The minimum absolute atomic E-state index is 0.109. The monoisotopic (exact) mass is 923 g/mol. The molecular formula is C57H94O9. The molecule has 0 aromatic carbocycles. The average molecular weight is 923 g/mol. The van der Waals surface area contributed by atoms with Gasteiger partial charge < -0.3 is 39.4 Å². The van der Waals surface area contributed by atoms with Crippen molar-refractivity contribution in [2.24, 2.45) is 0 Å². The zero-order valence-electron chi connectivity index (χ0n) is 41.4. The van der Waals surface area contributed by atoms with E-state index in [1.807, 2.05) is 0 Å². The van der Waals surface area contributed by atoms with E-state index in [0.717, 1.165) is 109 Å². The Morgan fingerprint density at radius 2 is 0.924 bits per heavy atom. The lowest BCUT2D eigenvalue weighted by molar-refractivity contribution is -0.305. The third kappa shape index (κ3) is 36.9. The van der Waals surface area contributed by atoms with E-state index in [1.54, 1.807) is 0 Å². The molecule has 376 valence electrons. The number of unbranched alkanes of at least 4 members (excludes halogenated alkanes) is 14. The van der Waals surface area contributed by atoms with E-state index in [0.29, 0.717) is 6.61 Å². The molecule has 9 heteroatoms. The van der Waals surface area contributed by atoms with Crippen molar-refractivity contribution in [1.29, 1.82) is 0 Å². The summed E-state index contributed by atoms with van der Waals surface area (Å²) < 4.78 is 22.8. The first kappa shape index (κ1) is 60.9. The third-order valence-electron chi connectivity index (χ3n) is 11.2. The molecule has 6 atom stereocenters. The molecule has 0 saturated carbocycles. The lowest BCUT2D eigenvalue weighted by Crippen LogP contribution is -2.59. The van der Waals surface area contributed by atoms with Crippen molar-refractivity contribution < 1.29 is 44.2 Å². The van der Waals surface area contributed by atoms with Gasteiger partial charge in [-0.15, -0.1) is 0 Å². The lowest BCUT2D eigenvalue weighted by Gasteiger charge is -2.39. The van der Waals surface area contributed by atoms with Crippen molar-refractivity contribution in [2.75, 3.05) is 26.4 Å². The summed E-state index contributed by atoms with van der Waals surface area (Å²) in [5.41, 5.74) is 0. The minimum atomic E-state index is -1.55. The van der Waals surface area contributed by atoms with Crippen molar-refractivity contribution in [3.8, 4) is 0 Å². The van der Waals surface area contributed by atoms with E-state index in [4.69, 9.17) is 18.9 Å². The van der Waals surface area contributed by atoms with Crippen molar-refractivity contribution >= 4 is 5.97 Å². The summed E-state index contributed by atoms with van der Waals surface area (Å²) in [4.78, 5) is 12.8. The van der Waals surface area contributed by atoms with E-state index in [9.17, 15) is 25.2 Å². The molecule has 0 bridgehead atoms. The summed E-state index contributed by atoms with van der Waals surface area (Å²) in [6, 6.07) is 0. The van der Waals surface area contributed by atoms with Gasteiger partial charge in [0.25, 0.3) is 0 Å². The van der Waals surface area contributed by atoms with Crippen LogP contribution in [0.4, 0.5) is 0 Å². The lowest BCUT2D eigenvalue weighted by atomic mass is 9.99. The summed E-state index contributed by atoms with van der Waals surface area (Å²) in [6.07, 6.45) is 59.7. The molecule has 0 spiro atoms. The second-order valence-corrected chi connectivity index (χ2v) is 17.2. The maximum atomic E-state index is 12.8. The second-order valence-electron chi connectivity index (χ2n) is 17.2. The van der Waals surface area contributed by atoms with Gasteiger partial charge in [0.05, 0.1) is 19.8 Å². The Hall–Kier alpha value is -3.15. The molecule has 66 heavy (non-hydrogen) atoms. The van der Waals surface area contributed by atoms with Crippen LogP contribution in [0.2, 0.25) is 0 Å². The molecular weight excluding hydrogens is 829 g/mol. The Morgan fingerprint density at radius 3 is 1.39 bits per heavy atom. The van der Waals surface area contributed by atoms with Gasteiger partial charge in [0.2, 0.25) is 0 Å². The fourth-order valence-electron chi connectivity index (χ4n) is 7.15. The standard InChI is InChI=1S/C57H94O9/c1-3-5-7-9-11-13-15-17-19-21-23-25-27-29-31-33-35-37-39-41-43-45-47-63-49-51(50-64-57-56(62)55(61)54(60)52(48-58)66-57)65-53(59)46-44-42-40-38-36-34-32-30-28-26-24-22-20-18-16-14-12-10-8-6-4-2/h5,7,11,13,16-19,22-25,28-31,35,37,51-52,54-58,60-62H,3-4,6,8-10,12,14-15,20-21,26-27,32-34,36,38-50H2,1-2H3/b7-5-,13-11-,18-16-,19-17-,24-22-,25-23-,30-28-,31-29-,37-35-. The van der Waals surface area contributed by atoms with Crippen LogP contribution in [0.5, 0.6) is 0 Å². The van der Waals surface area contributed by atoms with Gasteiger partial charge in [-0.3, -0.25) is 4.79 Å². The maximum Gasteiger partial charge on any atom is 0.306 e. The summed E-state index contributed by atoms with van der Waals surface area (Å²) >= 11 is 0. The van der Waals surface area contributed by atoms with E-state index < -0.39 is 43.4 Å². The largest absolute Gasteiger partial charge is 0.457 e. The highest BCUT2D eigenvalue weighted by Crippen LogP contribution is 2.22. The Kier molecular flexibility index (Phi) is 43.3. The number of aliphatic hydroxyl groups excluding tert-OH is 4. The third-order valence-corrected chi connectivity index (χ3v) is 11.2. The zero-order valence-corrected chi connectivity index (χ0v) is 41.4. The SMILES string of the molecule is CC/C=C\C/C=C\C/C=C\C/C=C\C/C=C\C/C=C\CCCCCOCC(COC1OC(CO)C(O)C(O)C1O)OC(=O)CCCCCCCC/C=C\C/C=C\C/C=C\CCCCCCC. The molecule has 1 aliphatic rings. The van der Waals surface area contributed by atoms with Crippen molar-refractivity contribution in [1.82, 2.24) is 0 Å². The number of carbonyl (C=O) groups is 1. The first-order valence-electron chi connectivity index (χ1n) is 26.0. The molecule has 0 aliphatic carbocycles. The van der Waals surface area contributed by atoms with Crippen LogP contribution >= 0.6 is 0 Å². The van der Waals surface area contributed by atoms with Crippen molar-refractivity contribution in [3.63, 3.8) is 0 Å². The Bertz CT molecular complexity index is 1370. The molecule has 0 amide bonds. The molecule has 1 heterocycles. The van der Waals surface area contributed by atoms with Gasteiger partial charge in [-0.2, -0.15) is 0 Å². The first-order chi connectivity index (χ1) is 32.4. The van der Waals surface area contributed by atoms with Crippen molar-refractivity contribution in [3.05, 3.63) is 109 Å². The second kappa shape index (κ2) is 46.9. The quantitative estimate of drug-likeness (QED) is 0.0268. The maximum absolute atomic E-state index is 12.8. The van der Waals surface area contributed by atoms with Gasteiger partial charge in [-0.1, -0.05) is 181 Å². The molecule has 0 aromatic rings. The highest BCUT2D eigenvalue weighted by Gasteiger charge is 2.44. The summed E-state index contributed by atoms with van der Waals surface area (Å²) in [6.45, 7) is 4.32. The number of aliphatic hydroxyl groups is 4. The Labute approximate surface area is 402 Å². The normalized spacial score (nSPS) is 20.2. The first-order valence-corrected chi connectivity index (χ1v) is 26.0. The van der Waals surface area contributed by atoms with E-state index in [1.165, 1.54) is 51.4 Å². The number of allylic oxidation sites excluding steroid dienone is 18. The highest BCUT2D eigenvalue weighted by molar-refractivity contribution is 5.69. The van der Waals surface area contributed by atoms with Gasteiger partial charge in [0.15, 0.2) is 6.29 Å². The number of carbonyl (C=O) groups excluding carboxylic acids is 1. The van der Waals surface area contributed by atoms with Crippen LogP contribution in [-0.4, -0.2) is 89.6 Å². The molecule has 1 saturated heterocycles. The molecule has 6 unspecified atom stereocenters. The number of rotatable bonds is 43. The summed E-state index contributed by atoms with van der Waals surface area (Å²) in [7, 11) is 0. The summed E-state index contributed by atoms with van der Waals surface area (Å²) in [5.74, 6) is -0.342. The van der Waals surface area contributed by atoms with Crippen LogP contribution in [0.3, 0.4) is 0 Å². The summed E-state index contributed by atoms with van der Waals surface area (Å²) in [5, 5.41) is 40.3. The van der Waals surface area contributed by atoms with Crippen LogP contribution in [0, 0.1) is 0 Å². The van der Waals surface area contributed by atoms with Gasteiger partial charge in [0.1, 0.15) is 30.5 Å².